The average Bonchev–Trinajstić information content (AvgIpc) is 2.41. The van der Waals surface area contributed by atoms with Gasteiger partial charge in [0.2, 0.25) is 0 Å². The van der Waals surface area contributed by atoms with E-state index in [0.29, 0.717) is 12.0 Å². The number of rotatable bonds is 3. The first-order chi connectivity index (χ1) is 3.79. The molecule has 1 aliphatic rings. The first-order valence-electron chi connectivity index (χ1n) is 3.40. The standard InChI is InChI=1S/C7H14O/c1-6(2)5-8-7-3-4-7/h6-7H,3-5H2,1-2H3. The summed E-state index contributed by atoms with van der Waals surface area (Å²) in [5, 5.41) is 0. The molecule has 0 N–H and O–H groups in total. The van der Waals surface area contributed by atoms with Gasteiger partial charge in [-0.05, 0) is 18.8 Å². The second-order valence-corrected chi connectivity index (χ2v) is 2.93. The SMILES string of the molecule is CC(C)COC1CC1. The highest BCUT2D eigenvalue weighted by Gasteiger charge is 2.21. The van der Waals surface area contributed by atoms with Crippen molar-refractivity contribution >= 4 is 0 Å². The van der Waals surface area contributed by atoms with Crippen molar-refractivity contribution in [3.63, 3.8) is 0 Å². The summed E-state index contributed by atoms with van der Waals surface area (Å²) in [5.74, 6) is 0.704. The zero-order chi connectivity index (χ0) is 5.98. The molecule has 1 fully saturated rings. The van der Waals surface area contributed by atoms with Crippen LogP contribution in [0.3, 0.4) is 0 Å². The van der Waals surface area contributed by atoms with Crippen molar-refractivity contribution < 1.29 is 4.74 Å². The van der Waals surface area contributed by atoms with Crippen molar-refractivity contribution in [3.8, 4) is 0 Å². The van der Waals surface area contributed by atoms with Crippen LogP contribution in [0.2, 0.25) is 0 Å². The van der Waals surface area contributed by atoms with Gasteiger partial charge in [0.25, 0.3) is 0 Å². The molecule has 0 heterocycles. The summed E-state index contributed by atoms with van der Waals surface area (Å²) in [6.07, 6.45) is 3.23. The monoisotopic (exact) mass is 114 g/mol. The summed E-state index contributed by atoms with van der Waals surface area (Å²) in [6.45, 7) is 5.31. The van der Waals surface area contributed by atoms with Gasteiger partial charge in [0.15, 0.2) is 0 Å². The van der Waals surface area contributed by atoms with Crippen molar-refractivity contribution in [3.05, 3.63) is 0 Å². The Morgan fingerprint density at radius 1 is 1.50 bits per heavy atom. The highest BCUT2D eigenvalue weighted by molar-refractivity contribution is 4.72. The smallest absolute Gasteiger partial charge is 0.0577 e. The van der Waals surface area contributed by atoms with Gasteiger partial charge in [-0.15, -0.1) is 0 Å². The van der Waals surface area contributed by atoms with Crippen LogP contribution in [0.1, 0.15) is 26.7 Å². The van der Waals surface area contributed by atoms with Crippen LogP contribution in [0.15, 0.2) is 0 Å². The average molecular weight is 114 g/mol. The molecule has 0 saturated heterocycles. The molecule has 0 radical (unpaired) electrons. The third kappa shape index (κ3) is 2.31. The topological polar surface area (TPSA) is 9.23 Å². The van der Waals surface area contributed by atoms with Gasteiger partial charge >= 0.3 is 0 Å². The van der Waals surface area contributed by atoms with Crippen molar-refractivity contribution in [2.45, 2.75) is 32.8 Å². The Morgan fingerprint density at radius 2 is 2.12 bits per heavy atom. The zero-order valence-corrected chi connectivity index (χ0v) is 5.68. The Bertz CT molecular complexity index is 62.8. The van der Waals surface area contributed by atoms with E-state index in [9.17, 15) is 0 Å². The number of hydrogen-bond donors (Lipinski definition) is 0. The maximum Gasteiger partial charge on any atom is 0.0577 e. The molecule has 1 heteroatoms. The lowest BCUT2D eigenvalue weighted by Crippen LogP contribution is -2.02. The Hall–Kier alpha value is -0.0400. The summed E-state index contributed by atoms with van der Waals surface area (Å²) in [5.41, 5.74) is 0. The second-order valence-electron chi connectivity index (χ2n) is 2.93. The van der Waals surface area contributed by atoms with Crippen LogP contribution in [0.25, 0.3) is 0 Å². The first-order valence-corrected chi connectivity index (χ1v) is 3.40. The molecule has 0 bridgehead atoms. The predicted octanol–water partition coefficient (Wildman–Crippen LogP) is 1.82. The van der Waals surface area contributed by atoms with Gasteiger partial charge in [-0.2, -0.15) is 0 Å². The van der Waals surface area contributed by atoms with Crippen LogP contribution >= 0.6 is 0 Å². The van der Waals surface area contributed by atoms with Crippen LogP contribution in [0.5, 0.6) is 0 Å². The molecule has 8 heavy (non-hydrogen) atoms. The Balaban J connectivity index is 1.87. The first kappa shape index (κ1) is 6.09. The van der Waals surface area contributed by atoms with Crippen molar-refractivity contribution in [1.29, 1.82) is 0 Å². The normalized spacial score (nSPS) is 19.9. The molecule has 1 saturated carbocycles. The van der Waals surface area contributed by atoms with E-state index in [1.807, 2.05) is 0 Å². The van der Waals surface area contributed by atoms with E-state index in [2.05, 4.69) is 13.8 Å². The predicted molar refractivity (Wildman–Crippen MR) is 33.8 cm³/mol. The van der Waals surface area contributed by atoms with E-state index < -0.39 is 0 Å². The lowest BCUT2D eigenvalue weighted by Gasteiger charge is -2.03. The van der Waals surface area contributed by atoms with E-state index in [4.69, 9.17) is 4.74 Å². The van der Waals surface area contributed by atoms with E-state index in [0.717, 1.165) is 6.61 Å². The molecular formula is C7H14O. The number of hydrogen-bond acceptors (Lipinski definition) is 1. The van der Waals surface area contributed by atoms with Gasteiger partial charge in [0, 0.05) is 6.61 Å². The highest BCUT2D eigenvalue weighted by atomic mass is 16.5. The maximum absolute atomic E-state index is 5.41. The van der Waals surface area contributed by atoms with E-state index in [1.54, 1.807) is 0 Å². The minimum Gasteiger partial charge on any atom is -0.378 e. The van der Waals surface area contributed by atoms with Gasteiger partial charge in [-0.3, -0.25) is 0 Å². The molecule has 0 atom stereocenters. The quantitative estimate of drug-likeness (QED) is 0.543. The highest BCUT2D eigenvalue weighted by Crippen LogP contribution is 2.23. The molecule has 1 nitrogen and oxygen atoms in total. The van der Waals surface area contributed by atoms with Crippen molar-refractivity contribution in [2.24, 2.45) is 5.92 Å². The van der Waals surface area contributed by atoms with E-state index >= 15 is 0 Å². The van der Waals surface area contributed by atoms with Crippen LogP contribution in [0.4, 0.5) is 0 Å². The molecule has 0 aromatic carbocycles. The Labute approximate surface area is 51.0 Å². The molecule has 0 aromatic rings. The van der Waals surface area contributed by atoms with Gasteiger partial charge in [0.05, 0.1) is 6.10 Å². The Morgan fingerprint density at radius 3 is 2.50 bits per heavy atom. The molecule has 48 valence electrons. The minimum absolute atomic E-state index is 0.636. The summed E-state index contributed by atoms with van der Waals surface area (Å²) < 4.78 is 5.41. The van der Waals surface area contributed by atoms with Crippen LogP contribution < -0.4 is 0 Å². The van der Waals surface area contributed by atoms with Crippen molar-refractivity contribution in [1.82, 2.24) is 0 Å². The Kier molecular flexibility index (Phi) is 1.90. The second kappa shape index (κ2) is 2.49. The van der Waals surface area contributed by atoms with Gasteiger partial charge < -0.3 is 4.74 Å². The maximum atomic E-state index is 5.41. The molecule has 0 spiro atoms. The third-order valence-corrected chi connectivity index (χ3v) is 1.19. The zero-order valence-electron chi connectivity index (χ0n) is 5.68. The summed E-state index contributed by atoms with van der Waals surface area (Å²) in [4.78, 5) is 0. The molecular weight excluding hydrogens is 100 g/mol. The molecule has 0 unspecified atom stereocenters. The lowest BCUT2D eigenvalue weighted by molar-refractivity contribution is 0.0961. The molecule has 0 aromatic heterocycles. The van der Waals surface area contributed by atoms with Crippen LogP contribution in [-0.2, 0) is 4.74 Å². The molecule has 1 rings (SSSR count). The summed E-state index contributed by atoms with van der Waals surface area (Å²) in [7, 11) is 0. The van der Waals surface area contributed by atoms with Crippen LogP contribution in [0, 0.1) is 5.92 Å². The van der Waals surface area contributed by atoms with Gasteiger partial charge in [-0.25, -0.2) is 0 Å². The number of ether oxygens (including phenoxy) is 1. The molecule has 0 amide bonds. The fraction of sp³-hybridized carbons (Fsp3) is 1.00. The van der Waals surface area contributed by atoms with Gasteiger partial charge in [-0.1, -0.05) is 13.8 Å². The fourth-order valence-corrected chi connectivity index (χ4v) is 0.563. The molecule has 1 aliphatic carbocycles. The minimum atomic E-state index is 0.636. The van der Waals surface area contributed by atoms with E-state index in [-0.39, 0.29) is 0 Å². The lowest BCUT2D eigenvalue weighted by atomic mass is 10.2. The third-order valence-electron chi connectivity index (χ3n) is 1.19. The summed E-state index contributed by atoms with van der Waals surface area (Å²) >= 11 is 0. The van der Waals surface area contributed by atoms with Crippen molar-refractivity contribution in [2.75, 3.05) is 6.61 Å². The van der Waals surface area contributed by atoms with E-state index in [1.165, 1.54) is 12.8 Å². The summed E-state index contributed by atoms with van der Waals surface area (Å²) in [6, 6.07) is 0. The fourth-order valence-electron chi connectivity index (χ4n) is 0.563. The van der Waals surface area contributed by atoms with Crippen LogP contribution in [-0.4, -0.2) is 12.7 Å². The largest absolute Gasteiger partial charge is 0.378 e. The van der Waals surface area contributed by atoms with Gasteiger partial charge in [0.1, 0.15) is 0 Å². The molecule has 0 aliphatic heterocycles.